The zero-order valence-electron chi connectivity index (χ0n) is 15.2. The minimum Gasteiger partial charge on any atom is -0.497 e. The molecule has 0 aromatic heterocycles. The lowest BCUT2D eigenvalue weighted by atomic mass is 10.2. The van der Waals surface area contributed by atoms with Gasteiger partial charge in [0, 0.05) is 18.7 Å². The van der Waals surface area contributed by atoms with E-state index < -0.39 is 0 Å². The van der Waals surface area contributed by atoms with Crippen LogP contribution in [0.2, 0.25) is 0 Å². The fourth-order valence-electron chi connectivity index (χ4n) is 2.39. The fraction of sp³-hybridized carbons (Fsp3) is 0.263. The number of amides is 2. The van der Waals surface area contributed by atoms with Gasteiger partial charge in [-0.2, -0.15) is 0 Å². The Balaban J connectivity index is 2.19. The summed E-state index contributed by atoms with van der Waals surface area (Å²) < 4.78 is 15.6. The van der Waals surface area contributed by atoms with Crippen molar-refractivity contribution in [2.75, 3.05) is 38.1 Å². The highest BCUT2D eigenvalue weighted by molar-refractivity contribution is 6.02. The van der Waals surface area contributed by atoms with E-state index in [1.807, 2.05) is 0 Å². The lowest BCUT2D eigenvalue weighted by Gasteiger charge is -2.23. The van der Waals surface area contributed by atoms with Crippen LogP contribution in [0.25, 0.3) is 0 Å². The molecule has 0 bridgehead atoms. The van der Waals surface area contributed by atoms with Crippen LogP contribution in [0.4, 0.5) is 11.4 Å². The number of nitrogens with zero attached hydrogens (tertiary/aromatic N) is 1. The van der Waals surface area contributed by atoms with Crippen LogP contribution in [0.1, 0.15) is 6.92 Å². The van der Waals surface area contributed by atoms with Gasteiger partial charge in [-0.05, 0) is 36.4 Å². The second kappa shape index (κ2) is 8.75. The lowest BCUT2D eigenvalue weighted by molar-refractivity contribution is -0.120. The summed E-state index contributed by atoms with van der Waals surface area (Å²) in [7, 11) is 4.60. The molecular weight excluding hydrogens is 336 g/mol. The minimum atomic E-state index is -0.338. The maximum atomic E-state index is 12.4. The summed E-state index contributed by atoms with van der Waals surface area (Å²) in [6.07, 6.45) is 0. The van der Waals surface area contributed by atoms with Crippen LogP contribution in [0.3, 0.4) is 0 Å². The monoisotopic (exact) mass is 358 g/mol. The second-order valence-electron chi connectivity index (χ2n) is 5.42. The molecule has 7 nitrogen and oxygen atoms in total. The van der Waals surface area contributed by atoms with E-state index in [9.17, 15) is 9.59 Å². The highest BCUT2D eigenvalue weighted by atomic mass is 16.5. The molecular formula is C19H22N2O5. The highest BCUT2D eigenvalue weighted by Gasteiger charge is 2.20. The van der Waals surface area contributed by atoms with Crippen LogP contribution in [0.5, 0.6) is 17.2 Å². The highest BCUT2D eigenvalue weighted by Crippen LogP contribution is 2.32. The van der Waals surface area contributed by atoms with E-state index in [1.165, 1.54) is 26.0 Å². The van der Waals surface area contributed by atoms with Gasteiger partial charge >= 0.3 is 0 Å². The fourth-order valence-corrected chi connectivity index (χ4v) is 2.39. The van der Waals surface area contributed by atoms with Gasteiger partial charge in [0.15, 0.2) is 0 Å². The quantitative estimate of drug-likeness (QED) is 0.823. The van der Waals surface area contributed by atoms with E-state index in [-0.39, 0.29) is 18.4 Å². The van der Waals surface area contributed by atoms with Gasteiger partial charge in [0.25, 0.3) is 0 Å². The first-order valence-corrected chi connectivity index (χ1v) is 7.92. The van der Waals surface area contributed by atoms with Crippen molar-refractivity contribution in [2.24, 2.45) is 0 Å². The maximum absolute atomic E-state index is 12.4. The molecule has 2 rings (SSSR count). The van der Waals surface area contributed by atoms with E-state index in [4.69, 9.17) is 14.2 Å². The molecule has 0 heterocycles. The molecule has 0 fully saturated rings. The van der Waals surface area contributed by atoms with Crippen molar-refractivity contribution in [3.8, 4) is 17.2 Å². The number of benzene rings is 2. The first-order valence-electron chi connectivity index (χ1n) is 7.92. The number of rotatable bonds is 7. The molecule has 0 aliphatic carbocycles. The zero-order valence-corrected chi connectivity index (χ0v) is 15.2. The van der Waals surface area contributed by atoms with Gasteiger partial charge in [0.1, 0.15) is 23.8 Å². The van der Waals surface area contributed by atoms with Crippen LogP contribution < -0.4 is 24.4 Å². The third-order valence-electron chi connectivity index (χ3n) is 3.73. The molecule has 0 atom stereocenters. The number of hydrogen-bond acceptors (Lipinski definition) is 5. The summed E-state index contributed by atoms with van der Waals surface area (Å²) >= 11 is 0. The molecule has 0 aliphatic heterocycles. The van der Waals surface area contributed by atoms with E-state index >= 15 is 0 Å². The summed E-state index contributed by atoms with van der Waals surface area (Å²) in [6.45, 7) is 1.23. The Bertz CT molecular complexity index is 774. The average molecular weight is 358 g/mol. The van der Waals surface area contributed by atoms with E-state index in [0.29, 0.717) is 28.6 Å². The van der Waals surface area contributed by atoms with Crippen LogP contribution in [0, 0.1) is 0 Å². The van der Waals surface area contributed by atoms with Gasteiger partial charge in [-0.1, -0.05) is 0 Å². The molecule has 0 saturated heterocycles. The van der Waals surface area contributed by atoms with E-state index in [1.54, 1.807) is 49.6 Å². The van der Waals surface area contributed by atoms with Crippen LogP contribution in [-0.4, -0.2) is 39.7 Å². The molecule has 0 saturated carbocycles. The molecule has 0 radical (unpaired) electrons. The Labute approximate surface area is 152 Å². The molecule has 0 unspecified atom stereocenters. The summed E-state index contributed by atoms with van der Waals surface area (Å²) in [5, 5.41) is 2.75. The molecule has 2 aromatic rings. The summed E-state index contributed by atoms with van der Waals surface area (Å²) in [4.78, 5) is 25.9. The SMILES string of the molecule is COc1ccc(NC(=O)CN(C(C)=O)c2cc(OC)ccc2OC)cc1. The Morgan fingerprint density at radius 1 is 0.923 bits per heavy atom. The predicted octanol–water partition coefficient (Wildman–Crippen LogP) is 2.70. The Morgan fingerprint density at radius 2 is 1.54 bits per heavy atom. The summed E-state index contributed by atoms with van der Waals surface area (Å²) in [6, 6.07) is 12.0. The number of carbonyl (C=O) groups is 2. The van der Waals surface area contributed by atoms with Gasteiger partial charge in [-0.15, -0.1) is 0 Å². The first-order chi connectivity index (χ1) is 12.5. The Hall–Kier alpha value is -3.22. The largest absolute Gasteiger partial charge is 0.497 e. The number of nitrogens with one attached hydrogen (secondary N) is 1. The number of methoxy groups -OCH3 is 3. The second-order valence-corrected chi connectivity index (χ2v) is 5.42. The number of carbonyl (C=O) groups excluding carboxylic acids is 2. The molecule has 7 heteroatoms. The number of ether oxygens (including phenoxy) is 3. The van der Waals surface area contributed by atoms with Crippen LogP contribution in [0.15, 0.2) is 42.5 Å². The summed E-state index contributed by atoms with van der Waals surface area (Å²) in [5.41, 5.74) is 1.07. The maximum Gasteiger partial charge on any atom is 0.244 e. The molecule has 1 N–H and O–H groups in total. The average Bonchev–Trinajstić information content (AvgIpc) is 2.66. The normalized spacial score (nSPS) is 10.0. The van der Waals surface area contributed by atoms with Crippen LogP contribution in [-0.2, 0) is 9.59 Å². The van der Waals surface area contributed by atoms with Crippen molar-refractivity contribution in [1.29, 1.82) is 0 Å². The lowest BCUT2D eigenvalue weighted by Crippen LogP contribution is -2.36. The molecule has 2 aromatic carbocycles. The van der Waals surface area contributed by atoms with Gasteiger partial charge in [-0.3, -0.25) is 14.5 Å². The van der Waals surface area contributed by atoms with Gasteiger partial charge in [0.05, 0.1) is 27.0 Å². The van der Waals surface area contributed by atoms with Gasteiger partial charge in [-0.25, -0.2) is 0 Å². The number of hydrogen-bond donors (Lipinski definition) is 1. The van der Waals surface area contributed by atoms with Crippen molar-refractivity contribution < 1.29 is 23.8 Å². The Kier molecular flexibility index (Phi) is 6.43. The van der Waals surface area contributed by atoms with Crippen LogP contribution >= 0.6 is 0 Å². The van der Waals surface area contributed by atoms with Gasteiger partial charge in [0.2, 0.25) is 11.8 Å². The summed E-state index contributed by atoms with van der Waals surface area (Å²) in [5.74, 6) is 1.09. The smallest absolute Gasteiger partial charge is 0.244 e. The van der Waals surface area contributed by atoms with Crippen molar-refractivity contribution in [2.45, 2.75) is 6.92 Å². The van der Waals surface area contributed by atoms with E-state index in [0.717, 1.165) is 0 Å². The number of anilines is 2. The van der Waals surface area contributed by atoms with Gasteiger partial charge < -0.3 is 19.5 Å². The molecule has 138 valence electrons. The Morgan fingerprint density at radius 3 is 2.08 bits per heavy atom. The van der Waals surface area contributed by atoms with Crippen molar-refractivity contribution in [1.82, 2.24) is 0 Å². The first kappa shape index (κ1) is 19.1. The zero-order chi connectivity index (χ0) is 19.1. The third kappa shape index (κ3) is 4.66. The minimum absolute atomic E-state index is 0.162. The third-order valence-corrected chi connectivity index (χ3v) is 3.73. The van der Waals surface area contributed by atoms with Crippen molar-refractivity contribution in [3.05, 3.63) is 42.5 Å². The topological polar surface area (TPSA) is 77.1 Å². The van der Waals surface area contributed by atoms with Crippen molar-refractivity contribution >= 4 is 23.2 Å². The standard InChI is InChI=1S/C19H22N2O5/c1-13(22)21(17-11-16(25-3)9-10-18(17)26-4)12-19(23)20-14-5-7-15(24-2)8-6-14/h5-11H,12H2,1-4H3,(H,20,23). The van der Waals surface area contributed by atoms with E-state index in [2.05, 4.69) is 5.32 Å². The predicted molar refractivity (Wildman–Crippen MR) is 99.2 cm³/mol. The molecule has 0 spiro atoms. The van der Waals surface area contributed by atoms with Crippen molar-refractivity contribution in [3.63, 3.8) is 0 Å². The molecule has 0 aliphatic rings. The molecule has 2 amide bonds. The molecule has 26 heavy (non-hydrogen) atoms.